The first-order chi connectivity index (χ1) is 7.86. The molecule has 1 aromatic rings. The number of hydrogen-bond donors (Lipinski definition) is 0. The molecule has 82 valence electrons. The Morgan fingerprint density at radius 3 is 2.88 bits per heavy atom. The zero-order valence-corrected chi connectivity index (χ0v) is 8.93. The van der Waals surface area contributed by atoms with E-state index in [2.05, 4.69) is 5.16 Å². The van der Waals surface area contributed by atoms with Gasteiger partial charge in [0, 0.05) is 12.0 Å². The number of Topliss-reactive ketones (excluding diaryl/α,β-unsaturated/α-hetero) is 1. The zero-order valence-electron chi connectivity index (χ0n) is 8.93. The number of rotatable bonds is 1. The van der Waals surface area contributed by atoms with Gasteiger partial charge in [-0.25, -0.2) is 0 Å². The summed E-state index contributed by atoms with van der Waals surface area (Å²) >= 11 is 0. The summed E-state index contributed by atoms with van der Waals surface area (Å²) in [5.74, 6) is 0.146. The van der Waals surface area contributed by atoms with Crippen LogP contribution in [0.1, 0.15) is 24.8 Å². The van der Waals surface area contributed by atoms with E-state index in [0.717, 1.165) is 24.1 Å². The molecule has 3 rings (SSSR count). The Hall–Kier alpha value is -1.64. The van der Waals surface area contributed by atoms with Gasteiger partial charge in [-0.05, 0) is 12.8 Å². The van der Waals surface area contributed by atoms with Gasteiger partial charge < -0.3 is 4.84 Å². The Balaban J connectivity index is 1.95. The Morgan fingerprint density at radius 1 is 1.25 bits per heavy atom. The average Bonchev–Trinajstić information content (AvgIpc) is 2.75. The molecule has 2 atom stereocenters. The molecule has 0 radical (unpaired) electrons. The minimum atomic E-state index is -0.129. The van der Waals surface area contributed by atoms with Gasteiger partial charge in [-0.1, -0.05) is 35.5 Å². The molecule has 1 saturated carbocycles. The highest BCUT2D eigenvalue weighted by atomic mass is 16.6. The lowest BCUT2D eigenvalue weighted by Gasteiger charge is -2.22. The van der Waals surface area contributed by atoms with Gasteiger partial charge in [-0.2, -0.15) is 0 Å². The van der Waals surface area contributed by atoms with E-state index in [0.29, 0.717) is 6.42 Å². The van der Waals surface area contributed by atoms with Gasteiger partial charge in [0.1, 0.15) is 23.5 Å². The standard InChI is InChI=1S/C13H13NO2/c15-10-7-4-8-11-12(10)13(14-16-11)9-5-2-1-3-6-9/h1-3,5-6,11-12H,4,7-8H2/t11-,12+/m1/s1. The highest BCUT2D eigenvalue weighted by Gasteiger charge is 2.42. The van der Waals surface area contributed by atoms with Gasteiger partial charge in [-0.3, -0.25) is 4.79 Å². The third kappa shape index (κ3) is 1.43. The van der Waals surface area contributed by atoms with Crippen molar-refractivity contribution in [3.8, 4) is 0 Å². The molecule has 1 aliphatic carbocycles. The fourth-order valence-electron chi connectivity index (χ4n) is 2.47. The van der Waals surface area contributed by atoms with Crippen LogP contribution in [-0.2, 0) is 9.63 Å². The lowest BCUT2D eigenvalue weighted by Crippen LogP contribution is -2.35. The molecule has 0 spiro atoms. The number of hydrogen-bond acceptors (Lipinski definition) is 3. The summed E-state index contributed by atoms with van der Waals surface area (Å²) in [5, 5.41) is 4.10. The van der Waals surface area contributed by atoms with Gasteiger partial charge in [0.2, 0.25) is 0 Å². The topological polar surface area (TPSA) is 38.7 Å². The maximum absolute atomic E-state index is 11.9. The van der Waals surface area contributed by atoms with Crippen LogP contribution < -0.4 is 0 Å². The Bertz CT molecular complexity index is 439. The van der Waals surface area contributed by atoms with Crippen molar-refractivity contribution in [2.75, 3.05) is 0 Å². The van der Waals surface area contributed by atoms with Crippen molar-refractivity contribution in [1.29, 1.82) is 0 Å². The van der Waals surface area contributed by atoms with Gasteiger partial charge in [-0.15, -0.1) is 0 Å². The van der Waals surface area contributed by atoms with E-state index in [-0.39, 0.29) is 17.8 Å². The molecule has 1 fully saturated rings. The summed E-state index contributed by atoms with van der Waals surface area (Å²) < 4.78 is 0. The van der Waals surface area contributed by atoms with Crippen molar-refractivity contribution in [2.45, 2.75) is 25.4 Å². The molecule has 16 heavy (non-hydrogen) atoms. The number of carbonyl (C=O) groups is 1. The Labute approximate surface area is 94.1 Å². The predicted octanol–water partition coefficient (Wildman–Crippen LogP) is 2.16. The maximum atomic E-state index is 11.9. The van der Waals surface area contributed by atoms with Crippen molar-refractivity contribution in [3.63, 3.8) is 0 Å². The normalized spacial score (nSPS) is 28.2. The van der Waals surface area contributed by atoms with E-state index >= 15 is 0 Å². The van der Waals surface area contributed by atoms with E-state index in [1.165, 1.54) is 0 Å². The summed E-state index contributed by atoms with van der Waals surface area (Å²) in [5.41, 5.74) is 1.82. The van der Waals surface area contributed by atoms with Crippen LogP contribution in [0.15, 0.2) is 35.5 Å². The van der Waals surface area contributed by atoms with E-state index in [4.69, 9.17) is 4.84 Å². The molecular formula is C13H13NO2. The smallest absolute Gasteiger partial charge is 0.145 e. The Kier molecular flexibility index (Phi) is 2.24. The minimum absolute atomic E-state index is 0.0172. The molecule has 1 aliphatic heterocycles. The van der Waals surface area contributed by atoms with Crippen molar-refractivity contribution < 1.29 is 9.63 Å². The fraction of sp³-hybridized carbons (Fsp3) is 0.385. The third-order valence-electron chi connectivity index (χ3n) is 3.28. The van der Waals surface area contributed by atoms with Crippen LogP contribution in [0.25, 0.3) is 0 Å². The van der Waals surface area contributed by atoms with E-state index in [9.17, 15) is 4.79 Å². The summed E-state index contributed by atoms with van der Waals surface area (Å²) in [7, 11) is 0. The monoisotopic (exact) mass is 215 g/mol. The zero-order chi connectivity index (χ0) is 11.0. The Morgan fingerprint density at radius 2 is 2.06 bits per heavy atom. The van der Waals surface area contributed by atoms with Crippen LogP contribution in [0.3, 0.4) is 0 Å². The average molecular weight is 215 g/mol. The fourth-order valence-corrected chi connectivity index (χ4v) is 2.47. The molecule has 0 bridgehead atoms. The van der Waals surface area contributed by atoms with Crippen LogP contribution in [-0.4, -0.2) is 17.6 Å². The summed E-state index contributed by atoms with van der Waals surface area (Å²) in [6.07, 6.45) is 2.51. The summed E-state index contributed by atoms with van der Waals surface area (Å²) in [4.78, 5) is 17.3. The second-order valence-electron chi connectivity index (χ2n) is 4.32. The first kappa shape index (κ1) is 9.58. The molecule has 0 saturated heterocycles. The van der Waals surface area contributed by atoms with Crippen LogP contribution in [0, 0.1) is 5.92 Å². The van der Waals surface area contributed by atoms with E-state index in [1.54, 1.807) is 0 Å². The minimum Gasteiger partial charge on any atom is -0.391 e. The SMILES string of the molecule is O=C1CCC[C@H]2ON=C(c3ccccc3)[C@@H]12. The summed E-state index contributed by atoms with van der Waals surface area (Å²) in [6, 6.07) is 9.83. The van der Waals surface area contributed by atoms with Gasteiger partial charge >= 0.3 is 0 Å². The van der Waals surface area contributed by atoms with Crippen molar-refractivity contribution >= 4 is 11.5 Å². The third-order valence-corrected chi connectivity index (χ3v) is 3.28. The number of nitrogens with zero attached hydrogens (tertiary/aromatic N) is 1. The molecular weight excluding hydrogens is 202 g/mol. The second-order valence-corrected chi connectivity index (χ2v) is 4.32. The molecule has 3 heteroatoms. The summed E-state index contributed by atoms with van der Waals surface area (Å²) in [6.45, 7) is 0. The van der Waals surface area contributed by atoms with Crippen LogP contribution >= 0.6 is 0 Å². The lowest BCUT2D eigenvalue weighted by atomic mass is 9.81. The number of carbonyl (C=O) groups excluding carboxylic acids is 1. The first-order valence-electron chi connectivity index (χ1n) is 5.68. The van der Waals surface area contributed by atoms with Crippen LogP contribution in [0.2, 0.25) is 0 Å². The molecule has 2 aliphatic rings. The largest absolute Gasteiger partial charge is 0.391 e. The lowest BCUT2D eigenvalue weighted by molar-refractivity contribution is -0.126. The van der Waals surface area contributed by atoms with Gasteiger partial charge in [0.05, 0.1) is 0 Å². The van der Waals surface area contributed by atoms with Crippen molar-refractivity contribution in [3.05, 3.63) is 35.9 Å². The van der Waals surface area contributed by atoms with Crippen molar-refractivity contribution in [2.24, 2.45) is 11.1 Å². The molecule has 0 amide bonds. The molecule has 3 nitrogen and oxygen atoms in total. The van der Waals surface area contributed by atoms with Gasteiger partial charge in [0.15, 0.2) is 0 Å². The number of oxime groups is 1. The quantitative estimate of drug-likeness (QED) is 0.720. The molecule has 1 heterocycles. The second kappa shape index (κ2) is 3.74. The van der Waals surface area contributed by atoms with Gasteiger partial charge in [0.25, 0.3) is 0 Å². The number of fused-ring (bicyclic) bond motifs is 1. The highest BCUT2D eigenvalue weighted by Crippen LogP contribution is 2.32. The number of ketones is 1. The van der Waals surface area contributed by atoms with Crippen molar-refractivity contribution in [1.82, 2.24) is 0 Å². The predicted molar refractivity (Wildman–Crippen MR) is 60.2 cm³/mol. The number of benzene rings is 1. The maximum Gasteiger partial charge on any atom is 0.145 e. The molecule has 0 unspecified atom stereocenters. The van der Waals surface area contributed by atoms with E-state index in [1.807, 2.05) is 30.3 Å². The first-order valence-corrected chi connectivity index (χ1v) is 5.68. The van der Waals surface area contributed by atoms with Crippen LogP contribution in [0.5, 0.6) is 0 Å². The molecule has 1 aromatic carbocycles. The molecule has 0 aromatic heterocycles. The highest BCUT2D eigenvalue weighted by molar-refractivity contribution is 6.14. The van der Waals surface area contributed by atoms with E-state index < -0.39 is 0 Å². The molecule has 0 N–H and O–H groups in total. The van der Waals surface area contributed by atoms with Crippen LogP contribution in [0.4, 0.5) is 0 Å².